The van der Waals surface area contributed by atoms with E-state index in [0.717, 1.165) is 9.88 Å². The van der Waals surface area contributed by atoms with Crippen LogP contribution in [0.1, 0.15) is 20.2 Å². The van der Waals surface area contributed by atoms with E-state index in [2.05, 4.69) is 10.3 Å². The summed E-state index contributed by atoms with van der Waals surface area (Å²) in [6, 6.07) is 4.78. The molecule has 2 aromatic rings. The van der Waals surface area contributed by atoms with Crippen molar-refractivity contribution in [1.29, 1.82) is 0 Å². The lowest BCUT2D eigenvalue weighted by atomic mass is 10.1. The van der Waals surface area contributed by atoms with Gasteiger partial charge >= 0.3 is 5.97 Å². The van der Waals surface area contributed by atoms with E-state index in [1.54, 1.807) is 29.7 Å². The molecule has 1 aromatic heterocycles. The molecule has 0 bridgehead atoms. The van der Waals surface area contributed by atoms with Crippen LogP contribution in [-0.2, 0) is 6.54 Å². The Hall–Kier alpha value is -2.08. The topological polar surface area (TPSA) is 88.2 Å². The molecule has 94 valence electrons. The molecule has 0 saturated carbocycles. The van der Waals surface area contributed by atoms with Gasteiger partial charge in [-0.05, 0) is 25.1 Å². The lowest BCUT2D eigenvalue weighted by Gasteiger charge is -2.08. The minimum atomic E-state index is -1.000. The van der Waals surface area contributed by atoms with Crippen LogP contribution in [0.15, 0.2) is 24.4 Å². The van der Waals surface area contributed by atoms with Crippen molar-refractivity contribution < 1.29 is 9.90 Å². The molecule has 5 nitrogen and oxygen atoms in total. The molecule has 1 aromatic carbocycles. The third-order valence-electron chi connectivity index (χ3n) is 2.37. The zero-order valence-corrected chi connectivity index (χ0v) is 10.6. The van der Waals surface area contributed by atoms with Crippen molar-refractivity contribution in [3.8, 4) is 0 Å². The molecule has 0 saturated heterocycles. The van der Waals surface area contributed by atoms with Crippen LogP contribution in [0.25, 0.3) is 0 Å². The number of carboxylic acid groups (broad SMARTS) is 1. The first-order valence-electron chi connectivity index (χ1n) is 5.34. The van der Waals surface area contributed by atoms with Gasteiger partial charge < -0.3 is 16.2 Å². The Bertz CT molecular complexity index is 580. The third kappa shape index (κ3) is 2.78. The van der Waals surface area contributed by atoms with Crippen molar-refractivity contribution in [1.82, 2.24) is 4.98 Å². The van der Waals surface area contributed by atoms with Crippen molar-refractivity contribution in [2.24, 2.45) is 0 Å². The molecule has 0 fully saturated rings. The van der Waals surface area contributed by atoms with Gasteiger partial charge in [0.25, 0.3) is 0 Å². The summed E-state index contributed by atoms with van der Waals surface area (Å²) in [4.78, 5) is 16.4. The first-order chi connectivity index (χ1) is 8.56. The Labute approximate surface area is 108 Å². The fourth-order valence-corrected chi connectivity index (χ4v) is 2.27. The van der Waals surface area contributed by atoms with Crippen LogP contribution in [0.5, 0.6) is 0 Å². The summed E-state index contributed by atoms with van der Waals surface area (Å²) in [5, 5.41) is 13.1. The summed E-state index contributed by atoms with van der Waals surface area (Å²) in [7, 11) is 0. The largest absolute Gasteiger partial charge is 0.478 e. The van der Waals surface area contributed by atoms with Gasteiger partial charge in [-0.3, -0.25) is 0 Å². The Balaban J connectivity index is 2.16. The predicted molar refractivity (Wildman–Crippen MR) is 72.0 cm³/mol. The van der Waals surface area contributed by atoms with Crippen molar-refractivity contribution in [2.75, 3.05) is 11.1 Å². The van der Waals surface area contributed by atoms with Gasteiger partial charge in [0.2, 0.25) is 0 Å². The average molecular weight is 263 g/mol. The fraction of sp³-hybridized carbons (Fsp3) is 0.167. The first kappa shape index (κ1) is 12.4. The Morgan fingerprint density at radius 3 is 2.94 bits per heavy atom. The lowest BCUT2D eigenvalue weighted by molar-refractivity contribution is 0.0698. The standard InChI is InChI=1S/C12H13N3O2S/c1-7-5-15-11(18-7)6-14-10-3-2-8(13)4-9(10)12(16)17/h2-5,14H,6,13H2,1H3,(H,16,17). The van der Waals surface area contributed by atoms with E-state index in [1.165, 1.54) is 6.07 Å². The maximum Gasteiger partial charge on any atom is 0.337 e. The van der Waals surface area contributed by atoms with E-state index < -0.39 is 5.97 Å². The molecule has 0 spiro atoms. The van der Waals surface area contributed by atoms with Crippen LogP contribution in [-0.4, -0.2) is 16.1 Å². The smallest absolute Gasteiger partial charge is 0.337 e. The SMILES string of the molecule is Cc1cnc(CNc2ccc(N)cc2C(=O)O)s1. The van der Waals surface area contributed by atoms with E-state index in [0.29, 0.717) is 17.9 Å². The molecular formula is C12H13N3O2S. The number of aromatic carboxylic acids is 1. The highest BCUT2D eigenvalue weighted by molar-refractivity contribution is 7.11. The van der Waals surface area contributed by atoms with Crippen LogP contribution < -0.4 is 11.1 Å². The number of nitrogen functional groups attached to an aromatic ring is 1. The summed E-state index contributed by atoms with van der Waals surface area (Å²) in [5.74, 6) is -1.000. The van der Waals surface area contributed by atoms with Gasteiger partial charge in [0, 0.05) is 22.4 Å². The number of thiazole rings is 1. The van der Waals surface area contributed by atoms with E-state index in [4.69, 9.17) is 10.8 Å². The molecule has 0 aliphatic heterocycles. The number of benzene rings is 1. The second-order valence-electron chi connectivity index (χ2n) is 3.83. The van der Waals surface area contributed by atoms with E-state index in [-0.39, 0.29) is 5.56 Å². The van der Waals surface area contributed by atoms with Crippen LogP contribution >= 0.6 is 11.3 Å². The summed E-state index contributed by atoms with van der Waals surface area (Å²) >= 11 is 1.58. The number of aryl methyl sites for hydroxylation is 1. The maximum absolute atomic E-state index is 11.1. The molecule has 0 aliphatic carbocycles. The number of nitrogens with zero attached hydrogens (tertiary/aromatic N) is 1. The minimum absolute atomic E-state index is 0.170. The van der Waals surface area contributed by atoms with Gasteiger partial charge in [-0.2, -0.15) is 0 Å². The van der Waals surface area contributed by atoms with E-state index in [9.17, 15) is 4.79 Å². The summed E-state index contributed by atoms with van der Waals surface area (Å²) in [6.07, 6.45) is 1.79. The number of hydrogen-bond donors (Lipinski definition) is 3. The molecule has 4 N–H and O–H groups in total. The van der Waals surface area contributed by atoms with Crippen LogP contribution in [0.2, 0.25) is 0 Å². The fourth-order valence-electron chi connectivity index (χ4n) is 1.55. The highest BCUT2D eigenvalue weighted by atomic mass is 32.1. The van der Waals surface area contributed by atoms with E-state index >= 15 is 0 Å². The Morgan fingerprint density at radius 2 is 2.33 bits per heavy atom. The number of nitrogens with two attached hydrogens (primary N) is 1. The molecule has 18 heavy (non-hydrogen) atoms. The van der Waals surface area contributed by atoms with Gasteiger partial charge in [-0.25, -0.2) is 9.78 Å². The van der Waals surface area contributed by atoms with Crippen LogP contribution in [0.4, 0.5) is 11.4 Å². The number of carboxylic acids is 1. The molecule has 0 radical (unpaired) electrons. The van der Waals surface area contributed by atoms with Gasteiger partial charge in [0.1, 0.15) is 5.01 Å². The summed E-state index contributed by atoms with van der Waals surface area (Å²) in [5.41, 5.74) is 6.72. The van der Waals surface area contributed by atoms with Crippen molar-refractivity contribution in [3.05, 3.63) is 39.8 Å². The predicted octanol–water partition coefficient (Wildman–Crippen LogP) is 2.34. The van der Waals surface area contributed by atoms with Gasteiger partial charge in [-0.15, -0.1) is 11.3 Å². The van der Waals surface area contributed by atoms with Gasteiger partial charge in [0.05, 0.1) is 12.1 Å². The second kappa shape index (κ2) is 5.05. The zero-order chi connectivity index (χ0) is 13.1. The normalized spacial score (nSPS) is 10.3. The number of carbonyl (C=O) groups is 1. The van der Waals surface area contributed by atoms with Gasteiger partial charge in [0.15, 0.2) is 0 Å². The van der Waals surface area contributed by atoms with Crippen molar-refractivity contribution in [2.45, 2.75) is 13.5 Å². The van der Waals surface area contributed by atoms with Crippen molar-refractivity contribution in [3.63, 3.8) is 0 Å². The molecule has 0 unspecified atom stereocenters. The average Bonchev–Trinajstić information content (AvgIpc) is 2.73. The zero-order valence-electron chi connectivity index (χ0n) is 9.80. The molecule has 1 heterocycles. The first-order valence-corrected chi connectivity index (χ1v) is 6.16. The molecule has 0 amide bonds. The second-order valence-corrected chi connectivity index (χ2v) is 5.15. The number of rotatable bonds is 4. The lowest BCUT2D eigenvalue weighted by Crippen LogP contribution is -2.07. The highest BCUT2D eigenvalue weighted by Gasteiger charge is 2.10. The number of anilines is 2. The third-order valence-corrected chi connectivity index (χ3v) is 3.29. The van der Waals surface area contributed by atoms with Crippen molar-refractivity contribution >= 4 is 28.7 Å². The quantitative estimate of drug-likeness (QED) is 0.737. The number of aromatic nitrogens is 1. The molecule has 6 heteroatoms. The maximum atomic E-state index is 11.1. The Kier molecular flexibility index (Phi) is 3.47. The molecule has 0 aliphatic rings. The minimum Gasteiger partial charge on any atom is -0.478 e. The highest BCUT2D eigenvalue weighted by Crippen LogP contribution is 2.20. The summed E-state index contributed by atoms with van der Waals surface area (Å²) < 4.78 is 0. The number of hydrogen-bond acceptors (Lipinski definition) is 5. The van der Waals surface area contributed by atoms with Crippen LogP contribution in [0.3, 0.4) is 0 Å². The van der Waals surface area contributed by atoms with Crippen LogP contribution in [0, 0.1) is 6.92 Å². The Morgan fingerprint density at radius 1 is 1.56 bits per heavy atom. The van der Waals surface area contributed by atoms with E-state index in [1.807, 2.05) is 6.92 Å². The molecular weight excluding hydrogens is 250 g/mol. The monoisotopic (exact) mass is 263 g/mol. The summed E-state index contributed by atoms with van der Waals surface area (Å²) in [6.45, 7) is 2.48. The van der Waals surface area contributed by atoms with Gasteiger partial charge in [-0.1, -0.05) is 0 Å². The molecule has 0 atom stereocenters. The number of nitrogens with one attached hydrogen (secondary N) is 1. The molecule has 2 rings (SSSR count).